The van der Waals surface area contributed by atoms with Crippen LogP contribution in [0.2, 0.25) is 0 Å². The Hall–Kier alpha value is 0.990. The third-order valence-electron chi connectivity index (χ3n) is 5.34. The van der Waals surface area contributed by atoms with Crippen molar-refractivity contribution in [2.45, 2.75) is 31.3 Å². The molecule has 4 unspecified atom stereocenters. The molecule has 31 heteroatoms. The van der Waals surface area contributed by atoms with E-state index in [1.54, 1.807) is 21.6 Å². The van der Waals surface area contributed by atoms with Gasteiger partial charge in [-0.25, -0.2) is 16.7 Å². The standard InChI is InChI=1S/C14H30O17S4.C11H24O5S3.C2H6S2/c1-32(15,16)28-9-24-7-13(26-11-30-34(3,19)20)5-23-6-14(27-12-31-35(4,21)22)8-25-10-29-33(2,17)18;1-2-12-3-10(15-8-18)4-13-5-11(16-9-19)6-14-7-17;1-3-4-2/h13-14H,5-12H2,1-4H3;10-11,17-19H,2-9H2,1H3;1-2H3. The summed E-state index contributed by atoms with van der Waals surface area (Å²) in [6.45, 7) is 0.511. The van der Waals surface area contributed by atoms with Crippen LogP contribution in [-0.4, -0.2) is 200 Å². The van der Waals surface area contributed by atoms with Gasteiger partial charge in [-0.15, -0.1) is 0 Å². The minimum atomic E-state index is -3.81. The molecule has 58 heavy (non-hydrogen) atoms. The van der Waals surface area contributed by atoms with Gasteiger partial charge in [-0.1, -0.05) is 21.6 Å². The van der Waals surface area contributed by atoms with E-state index in [2.05, 4.69) is 67.1 Å². The van der Waals surface area contributed by atoms with Crippen molar-refractivity contribution in [3.63, 3.8) is 0 Å². The highest BCUT2D eigenvalue weighted by molar-refractivity contribution is 8.76. The lowest BCUT2D eigenvalue weighted by Gasteiger charge is -2.21. The fourth-order valence-corrected chi connectivity index (χ4v) is 4.38. The van der Waals surface area contributed by atoms with Crippen LogP contribution < -0.4 is 0 Å². The molecule has 0 spiro atoms. The maximum Gasteiger partial charge on any atom is 0.266 e. The molecule has 0 aliphatic carbocycles. The van der Waals surface area contributed by atoms with Gasteiger partial charge >= 0.3 is 0 Å². The molecule has 0 aliphatic heterocycles. The van der Waals surface area contributed by atoms with Crippen molar-refractivity contribution < 1.29 is 97.8 Å². The van der Waals surface area contributed by atoms with Crippen molar-refractivity contribution in [3.8, 4) is 0 Å². The summed E-state index contributed by atoms with van der Waals surface area (Å²) in [5.74, 6) is 1.00. The van der Waals surface area contributed by atoms with Crippen LogP contribution in [-0.2, 0) is 105 Å². The summed E-state index contributed by atoms with van der Waals surface area (Å²) in [5.41, 5.74) is 0. The van der Waals surface area contributed by atoms with E-state index in [0.29, 0.717) is 50.9 Å². The van der Waals surface area contributed by atoms with Crippen molar-refractivity contribution in [1.29, 1.82) is 0 Å². The largest absolute Gasteiger partial charge is 0.379 e. The summed E-state index contributed by atoms with van der Waals surface area (Å²) in [7, 11) is -11.6. The molecule has 0 N–H and O–H groups in total. The molecule has 0 heterocycles. The van der Waals surface area contributed by atoms with E-state index in [0.717, 1.165) is 25.0 Å². The van der Waals surface area contributed by atoms with Gasteiger partial charge in [0.15, 0.2) is 27.2 Å². The normalized spacial score (nSPS) is 14.4. The van der Waals surface area contributed by atoms with Gasteiger partial charge in [-0.3, -0.25) is 0 Å². The van der Waals surface area contributed by atoms with Gasteiger partial charge in [0.05, 0.1) is 95.7 Å². The van der Waals surface area contributed by atoms with Crippen molar-refractivity contribution in [3.05, 3.63) is 0 Å². The smallest absolute Gasteiger partial charge is 0.266 e. The number of thiol groups is 3. The van der Waals surface area contributed by atoms with Gasteiger partial charge in [0, 0.05) is 6.61 Å². The van der Waals surface area contributed by atoms with E-state index in [1.165, 1.54) is 0 Å². The van der Waals surface area contributed by atoms with Gasteiger partial charge in [-0.05, 0) is 19.4 Å². The Morgan fingerprint density at radius 3 is 0.948 bits per heavy atom. The molecule has 0 aromatic heterocycles. The number of ether oxygens (including phenoxy) is 10. The Kier molecular flexibility index (Phi) is 43.2. The van der Waals surface area contributed by atoms with E-state index < -0.39 is 79.9 Å². The zero-order valence-electron chi connectivity index (χ0n) is 33.4. The summed E-state index contributed by atoms with van der Waals surface area (Å²) >= 11 is 12.0. The predicted molar refractivity (Wildman–Crippen MR) is 227 cm³/mol. The Morgan fingerprint density at radius 1 is 0.397 bits per heavy atom. The average molecular weight is 1030 g/mol. The molecule has 4 atom stereocenters. The molecule has 22 nitrogen and oxygen atoms in total. The lowest BCUT2D eigenvalue weighted by molar-refractivity contribution is -0.139. The van der Waals surface area contributed by atoms with Crippen LogP contribution in [0.15, 0.2) is 0 Å². The molecule has 0 amide bonds. The molecule has 0 rings (SSSR count). The van der Waals surface area contributed by atoms with Crippen LogP contribution in [0.4, 0.5) is 0 Å². The molecule has 0 fully saturated rings. The Bertz CT molecular complexity index is 1270. The topological polar surface area (TPSA) is 266 Å². The van der Waals surface area contributed by atoms with Crippen LogP contribution in [0.5, 0.6) is 0 Å². The van der Waals surface area contributed by atoms with Crippen LogP contribution in [0, 0.1) is 0 Å². The maximum atomic E-state index is 11.1. The lowest BCUT2D eigenvalue weighted by Crippen LogP contribution is -2.32. The summed E-state index contributed by atoms with van der Waals surface area (Å²) in [4.78, 5) is 0. The zero-order valence-corrected chi connectivity index (χ0v) is 41.0. The minimum Gasteiger partial charge on any atom is -0.379 e. The Balaban J connectivity index is -0.00000110. The van der Waals surface area contributed by atoms with Crippen molar-refractivity contribution in [2.75, 3.05) is 142 Å². The second-order valence-corrected chi connectivity index (χ2v) is 20.5. The highest BCUT2D eigenvalue weighted by Gasteiger charge is 2.18. The van der Waals surface area contributed by atoms with Crippen molar-refractivity contribution in [2.24, 2.45) is 0 Å². The fraction of sp³-hybridized carbons (Fsp3) is 1.00. The van der Waals surface area contributed by atoms with Crippen LogP contribution in [0.25, 0.3) is 0 Å². The second-order valence-electron chi connectivity index (χ2n) is 10.5. The van der Waals surface area contributed by atoms with E-state index >= 15 is 0 Å². The van der Waals surface area contributed by atoms with Crippen LogP contribution >= 0.6 is 59.5 Å². The number of rotatable bonds is 37. The van der Waals surface area contributed by atoms with Gasteiger partial charge in [0.2, 0.25) is 0 Å². The summed E-state index contributed by atoms with van der Waals surface area (Å²) < 4.78 is 158. The van der Waals surface area contributed by atoms with E-state index in [4.69, 9.17) is 47.4 Å². The van der Waals surface area contributed by atoms with Gasteiger partial charge in [0.25, 0.3) is 40.5 Å². The second kappa shape index (κ2) is 39.6. The first-order valence-electron chi connectivity index (χ1n) is 16.3. The first-order chi connectivity index (χ1) is 27.1. The van der Waals surface area contributed by atoms with E-state index in [9.17, 15) is 33.7 Å². The lowest BCUT2D eigenvalue weighted by atomic mass is 10.4. The van der Waals surface area contributed by atoms with Gasteiger partial charge in [-0.2, -0.15) is 71.6 Å². The molecular formula is C27H60O22S9. The highest BCUT2D eigenvalue weighted by Crippen LogP contribution is 2.09. The quantitative estimate of drug-likeness (QED) is 0.0254. The first kappa shape index (κ1) is 63.3. The maximum absolute atomic E-state index is 11.1. The number of hydrogen-bond acceptors (Lipinski definition) is 27. The van der Waals surface area contributed by atoms with Gasteiger partial charge < -0.3 is 47.4 Å². The number of hydrogen-bond donors (Lipinski definition) is 3. The SMILES string of the molecule is CCOCC(COCC(COCS)OCS)OCS.CS(=O)(=O)OCOCC(COCC(COCOS(C)(=O)=O)OCOS(C)(=O)=O)OCOS(C)(=O)=O.CSSC. The van der Waals surface area contributed by atoms with E-state index in [1.807, 2.05) is 6.92 Å². The predicted octanol–water partition coefficient (Wildman–Crippen LogP) is 0.657. The summed E-state index contributed by atoms with van der Waals surface area (Å²) in [6, 6.07) is 0. The first-order valence-corrected chi connectivity index (χ1v) is 28.4. The molecule has 0 radical (unpaired) electrons. The molecule has 0 aromatic carbocycles. The summed E-state index contributed by atoms with van der Waals surface area (Å²) in [6.07, 6.45) is 5.11. The monoisotopic (exact) mass is 1020 g/mol. The van der Waals surface area contributed by atoms with Crippen molar-refractivity contribution in [1.82, 2.24) is 0 Å². The Labute approximate surface area is 368 Å². The molecule has 0 saturated heterocycles. The molecule has 0 aromatic rings. The highest BCUT2D eigenvalue weighted by atomic mass is 33.1. The van der Waals surface area contributed by atoms with Crippen molar-refractivity contribution >= 4 is 99.9 Å². The molecule has 0 aliphatic rings. The Morgan fingerprint density at radius 2 is 0.672 bits per heavy atom. The minimum absolute atomic E-state index is 0.125. The van der Waals surface area contributed by atoms with Crippen LogP contribution in [0.1, 0.15) is 6.92 Å². The summed E-state index contributed by atoms with van der Waals surface area (Å²) in [5, 5.41) is 0. The molecule has 354 valence electrons. The molecule has 0 saturated carbocycles. The van der Waals surface area contributed by atoms with Gasteiger partial charge in [0.1, 0.15) is 24.4 Å². The average Bonchev–Trinajstić information content (AvgIpc) is 3.11. The third-order valence-corrected chi connectivity index (χ3v) is 9.25. The fourth-order valence-electron chi connectivity index (χ4n) is 2.91. The van der Waals surface area contributed by atoms with E-state index in [-0.39, 0.29) is 38.6 Å². The third kappa shape index (κ3) is 53.1. The van der Waals surface area contributed by atoms with Crippen LogP contribution in [0.3, 0.4) is 0 Å². The molecular weight excluding hydrogens is 965 g/mol. The zero-order chi connectivity index (χ0) is 44.9. The molecule has 0 bridgehead atoms.